The minimum absolute atomic E-state index is 0.0676. The number of rotatable bonds is 7. The Labute approximate surface area is 155 Å². The largest absolute Gasteiger partial charge is 0.359 e. The smallest absolute Gasteiger partial charge is 0.237 e. The van der Waals surface area contributed by atoms with E-state index in [0.29, 0.717) is 12.5 Å². The van der Waals surface area contributed by atoms with E-state index in [2.05, 4.69) is 41.4 Å². The van der Waals surface area contributed by atoms with Crippen LogP contribution >= 0.6 is 0 Å². The maximum atomic E-state index is 12.7. The van der Waals surface area contributed by atoms with Crippen LogP contribution in [0.3, 0.4) is 0 Å². The first-order valence-corrected chi connectivity index (χ1v) is 9.62. The topological polar surface area (TPSA) is 58.4 Å². The zero-order valence-electron chi connectivity index (χ0n) is 15.8. The van der Waals surface area contributed by atoms with Crippen LogP contribution in [0.25, 0.3) is 0 Å². The molecule has 0 spiro atoms. The van der Waals surface area contributed by atoms with E-state index in [1.54, 1.807) is 0 Å². The van der Waals surface area contributed by atoms with E-state index in [9.17, 15) is 4.79 Å². The number of carbonyl (C=O) groups is 1. The molecule has 0 aliphatic carbocycles. The second kappa shape index (κ2) is 8.99. The minimum Gasteiger partial charge on any atom is -0.359 e. The van der Waals surface area contributed by atoms with E-state index >= 15 is 0 Å². The Morgan fingerprint density at radius 3 is 2.88 bits per heavy atom. The van der Waals surface area contributed by atoms with Crippen LogP contribution in [0.15, 0.2) is 40.9 Å². The quantitative estimate of drug-likeness (QED) is 0.825. The summed E-state index contributed by atoms with van der Waals surface area (Å²) in [5, 5.41) is 7.12. The molecule has 5 nitrogen and oxygen atoms in total. The lowest BCUT2D eigenvalue weighted by atomic mass is 10.0. The summed E-state index contributed by atoms with van der Waals surface area (Å²) >= 11 is 0. The Kier molecular flexibility index (Phi) is 6.45. The van der Waals surface area contributed by atoms with Crippen molar-refractivity contribution in [3.05, 3.63) is 53.4 Å². The van der Waals surface area contributed by atoms with Gasteiger partial charge in [0, 0.05) is 12.6 Å². The number of likely N-dealkylation sites (tertiary alicyclic amines) is 1. The van der Waals surface area contributed by atoms with Crippen molar-refractivity contribution in [2.75, 3.05) is 6.54 Å². The molecule has 0 saturated carbocycles. The molecule has 1 atom stereocenters. The maximum Gasteiger partial charge on any atom is 0.237 e. The van der Waals surface area contributed by atoms with Crippen LogP contribution in [0.5, 0.6) is 0 Å². The highest BCUT2D eigenvalue weighted by atomic mass is 16.5. The number of hydrogen-bond donors (Lipinski definition) is 1. The fourth-order valence-electron chi connectivity index (χ4n) is 3.54. The fraction of sp³-hybridized carbons (Fsp3) is 0.524. The van der Waals surface area contributed by atoms with Gasteiger partial charge in [0.05, 0.1) is 18.3 Å². The summed E-state index contributed by atoms with van der Waals surface area (Å²) in [6.45, 7) is 6.49. The van der Waals surface area contributed by atoms with Gasteiger partial charge in [0.25, 0.3) is 0 Å². The highest BCUT2D eigenvalue weighted by Crippen LogP contribution is 2.20. The third kappa shape index (κ3) is 5.18. The van der Waals surface area contributed by atoms with Crippen molar-refractivity contribution in [1.29, 1.82) is 0 Å². The van der Waals surface area contributed by atoms with Crippen LogP contribution in [0.2, 0.25) is 0 Å². The summed E-state index contributed by atoms with van der Waals surface area (Å²) in [4.78, 5) is 15.0. The molecule has 1 aromatic carbocycles. The van der Waals surface area contributed by atoms with E-state index in [1.807, 2.05) is 24.3 Å². The molecular weight excluding hydrogens is 326 g/mol. The van der Waals surface area contributed by atoms with Gasteiger partial charge in [0.2, 0.25) is 5.91 Å². The molecule has 1 N–H and O–H groups in total. The van der Waals surface area contributed by atoms with Gasteiger partial charge in [-0.3, -0.25) is 9.69 Å². The van der Waals surface area contributed by atoms with Gasteiger partial charge in [-0.15, -0.1) is 0 Å². The van der Waals surface area contributed by atoms with Crippen LogP contribution in [0, 0.1) is 5.92 Å². The molecule has 1 aromatic heterocycles. The molecule has 1 aliphatic rings. The standard InChI is InChI=1S/C21H29N3O2/c1-16(2)12-18-13-19(26-23-18)14-22-21(25)20-10-6-7-11-24(20)15-17-8-4-3-5-9-17/h3-5,8-9,13,16,20H,6-7,10-12,14-15H2,1-2H3,(H,22,25). The van der Waals surface area contributed by atoms with Gasteiger partial charge in [0.1, 0.15) is 0 Å². The molecule has 1 fully saturated rings. The molecular formula is C21H29N3O2. The minimum atomic E-state index is -0.0676. The van der Waals surface area contributed by atoms with Gasteiger partial charge in [-0.25, -0.2) is 0 Å². The van der Waals surface area contributed by atoms with Gasteiger partial charge >= 0.3 is 0 Å². The van der Waals surface area contributed by atoms with Crippen molar-refractivity contribution in [2.45, 2.75) is 58.7 Å². The highest BCUT2D eigenvalue weighted by molar-refractivity contribution is 5.81. The summed E-state index contributed by atoms with van der Waals surface area (Å²) in [6.07, 6.45) is 4.06. The summed E-state index contributed by atoms with van der Waals surface area (Å²) < 4.78 is 5.35. The first-order valence-electron chi connectivity index (χ1n) is 9.62. The number of aromatic nitrogens is 1. The van der Waals surface area contributed by atoms with Gasteiger partial charge in [-0.2, -0.15) is 0 Å². The summed E-state index contributed by atoms with van der Waals surface area (Å²) in [5.41, 5.74) is 2.20. The van der Waals surface area contributed by atoms with E-state index in [4.69, 9.17) is 4.52 Å². The zero-order chi connectivity index (χ0) is 18.4. The van der Waals surface area contributed by atoms with Gasteiger partial charge < -0.3 is 9.84 Å². The van der Waals surface area contributed by atoms with Crippen molar-refractivity contribution in [1.82, 2.24) is 15.4 Å². The average Bonchev–Trinajstić information content (AvgIpc) is 3.08. The predicted molar refractivity (Wildman–Crippen MR) is 101 cm³/mol. The monoisotopic (exact) mass is 355 g/mol. The Morgan fingerprint density at radius 2 is 2.12 bits per heavy atom. The molecule has 1 amide bonds. The summed E-state index contributed by atoms with van der Waals surface area (Å²) in [6, 6.07) is 12.2. The molecule has 26 heavy (non-hydrogen) atoms. The first kappa shape index (κ1) is 18.6. The molecule has 1 unspecified atom stereocenters. The Bertz CT molecular complexity index is 696. The fourth-order valence-corrected chi connectivity index (χ4v) is 3.54. The van der Waals surface area contributed by atoms with Crippen LogP contribution in [0.4, 0.5) is 0 Å². The number of carbonyl (C=O) groups excluding carboxylic acids is 1. The SMILES string of the molecule is CC(C)Cc1cc(CNC(=O)C2CCCCN2Cc2ccccc2)on1. The molecule has 5 heteroatoms. The van der Waals surface area contributed by atoms with Crippen LogP contribution in [0.1, 0.15) is 50.1 Å². The molecule has 3 rings (SSSR count). The number of hydrogen-bond acceptors (Lipinski definition) is 4. The van der Waals surface area contributed by atoms with Crippen LogP contribution in [-0.2, 0) is 24.3 Å². The van der Waals surface area contributed by atoms with Gasteiger partial charge in [-0.05, 0) is 37.3 Å². The van der Waals surface area contributed by atoms with Crippen molar-refractivity contribution < 1.29 is 9.32 Å². The van der Waals surface area contributed by atoms with Crippen molar-refractivity contribution in [3.63, 3.8) is 0 Å². The van der Waals surface area contributed by atoms with E-state index in [-0.39, 0.29) is 11.9 Å². The number of benzene rings is 1. The number of amides is 1. The first-order chi connectivity index (χ1) is 12.6. The van der Waals surface area contributed by atoms with E-state index in [1.165, 1.54) is 5.56 Å². The third-order valence-corrected chi connectivity index (χ3v) is 4.81. The predicted octanol–water partition coefficient (Wildman–Crippen LogP) is 3.54. The van der Waals surface area contributed by atoms with Crippen molar-refractivity contribution >= 4 is 5.91 Å². The Morgan fingerprint density at radius 1 is 1.31 bits per heavy atom. The van der Waals surface area contributed by atoms with Crippen LogP contribution < -0.4 is 5.32 Å². The normalized spacial score (nSPS) is 18.2. The van der Waals surface area contributed by atoms with E-state index < -0.39 is 0 Å². The summed E-state index contributed by atoms with van der Waals surface area (Å²) in [7, 11) is 0. The van der Waals surface area contributed by atoms with Crippen molar-refractivity contribution in [3.8, 4) is 0 Å². The van der Waals surface area contributed by atoms with E-state index in [0.717, 1.165) is 50.2 Å². The molecule has 0 bridgehead atoms. The highest BCUT2D eigenvalue weighted by Gasteiger charge is 2.28. The summed E-state index contributed by atoms with van der Waals surface area (Å²) in [5.74, 6) is 1.35. The second-order valence-electron chi connectivity index (χ2n) is 7.57. The Hall–Kier alpha value is -2.14. The lowest BCUT2D eigenvalue weighted by Gasteiger charge is -2.34. The maximum absolute atomic E-state index is 12.7. The molecule has 1 saturated heterocycles. The third-order valence-electron chi connectivity index (χ3n) is 4.81. The Balaban J connectivity index is 1.55. The van der Waals surface area contributed by atoms with Crippen molar-refractivity contribution in [2.24, 2.45) is 5.92 Å². The molecule has 2 aromatic rings. The average molecular weight is 355 g/mol. The van der Waals surface area contributed by atoms with Gasteiger partial charge in [-0.1, -0.05) is 55.8 Å². The molecule has 140 valence electrons. The number of nitrogens with zero attached hydrogens (tertiary/aromatic N) is 2. The molecule has 2 heterocycles. The van der Waals surface area contributed by atoms with Crippen LogP contribution in [-0.4, -0.2) is 28.6 Å². The number of piperidine rings is 1. The second-order valence-corrected chi connectivity index (χ2v) is 7.57. The van der Waals surface area contributed by atoms with Gasteiger partial charge in [0.15, 0.2) is 5.76 Å². The number of nitrogens with one attached hydrogen (secondary N) is 1. The zero-order valence-corrected chi connectivity index (χ0v) is 15.8. The molecule has 1 aliphatic heterocycles. The lowest BCUT2D eigenvalue weighted by molar-refractivity contribution is -0.128. The lowest BCUT2D eigenvalue weighted by Crippen LogP contribution is -2.48. The molecule has 0 radical (unpaired) electrons.